The molecule has 0 spiro atoms. The fraction of sp³-hybridized carbons (Fsp3) is 1.00. The standard InChI is InChI=1S/C15H29NO/c1-12-8-10-13(11-9-12)16(2)14-6-4-3-5-7-15(14)17/h12-15,17H,3-11H2,1-2H3. The van der Waals surface area contributed by atoms with Gasteiger partial charge in [-0.15, -0.1) is 0 Å². The van der Waals surface area contributed by atoms with Crippen molar-refractivity contribution in [2.75, 3.05) is 7.05 Å². The fourth-order valence-electron chi connectivity index (χ4n) is 3.66. The average molecular weight is 239 g/mol. The molecule has 2 nitrogen and oxygen atoms in total. The molecule has 2 aliphatic rings. The van der Waals surface area contributed by atoms with E-state index in [1.54, 1.807) is 0 Å². The van der Waals surface area contributed by atoms with E-state index in [4.69, 9.17) is 0 Å². The van der Waals surface area contributed by atoms with Crippen LogP contribution in [-0.2, 0) is 0 Å². The van der Waals surface area contributed by atoms with Crippen LogP contribution in [0.15, 0.2) is 0 Å². The predicted octanol–water partition coefficient (Wildman–Crippen LogP) is 3.19. The van der Waals surface area contributed by atoms with Gasteiger partial charge < -0.3 is 5.11 Å². The van der Waals surface area contributed by atoms with Gasteiger partial charge in [0.05, 0.1) is 6.10 Å². The number of aliphatic hydroxyl groups is 1. The molecule has 0 aromatic rings. The van der Waals surface area contributed by atoms with Crippen molar-refractivity contribution in [3.8, 4) is 0 Å². The number of hydrogen-bond donors (Lipinski definition) is 1. The molecule has 2 fully saturated rings. The van der Waals surface area contributed by atoms with E-state index in [2.05, 4.69) is 18.9 Å². The van der Waals surface area contributed by atoms with Gasteiger partial charge in [0.25, 0.3) is 0 Å². The first-order chi connectivity index (χ1) is 8.18. The lowest BCUT2D eigenvalue weighted by molar-refractivity contribution is 0.0229. The SMILES string of the molecule is CC1CCC(N(C)C2CCCCCC2O)CC1. The molecule has 0 aromatic carbocycles. The normalized spacial score (nSPS) is 40.2. The minimum absolute atomic E-state index is 0.0816. The number of hydrogen-bond acceptors (Lipinski definition) is 2. The first kappa shape index (κ1) is 13.4. The second-order valence-corrected chi connectivity index (χ2v) is 6.35. The van der Waals surface area contributed by atoms with Crippen molar-refractivity contribution in [1.82, 2.24) is 4.90 Å². The van der Waals surface area contributed by atoms with E-state index in [0.717, 1.165) is 18.4 Å². The molecular weight excluding hydrogens is 210 g/mol. The van der Waals surface area contributed by atoms with Crippen molar-refractivity contribution in [3.63, 3.8) is 0 Å². The van der Waals surface area contributed by atoms with Gasteiger partial charge in [-0.3, -0.25) is 4.90 Å². The van der Waals surface area contributed by atoms with E-state index in [1.165, 1.54) is 51.4 Å². The minimum Gasteiger partial charge on any atom is -0.391 e. The Morgan fingerprint density at radius 1 is 0.882 bits per heavy atom. The highest BCUT2D eigenvalue weighted by molar-refractivity contribution is 4.86. The highest BCUT2D eigenvalue weighted by atomic mass is 16.3. The van der Waals surface area contributed by atoms with Gasteiger partial charge in [-0.25, -0.2) is 0 Å². The average Bonchev–Trinajstić information content (AvgIpc) is 2.54. The Bertz CT molecular complexity index is 223. The maximum absolute atomic E-state index is 10.3. The van der Waals surface area contributed by atoms with E-state index in [-0.39, 0.29) is 6.10 Å². The highest BCUT2D eigenvalue weighted by Gasteiger charge is 2.31. The molecule has 2 rings (SSSR count). The zero-order chi connectivity index (χ0) is 12.3. The molecule has 2 unspecified atom stereocenters. The van der Waals surface area contributed by atoms with Crippen LogP contribution in [0.25, 0.3) is 0 Å². The highest BCUT2D eigenvalue weighted by Crippen LogP contribution is 2.30. The van der Waals surface area contributed by atoms with Crippen molar-refractivity contribution in [2.24, 2.45) is 5.92 Å². The number of likely N-dealkylation sites (N-methyl/N-ethyl adjacent to an activating group) is 1. The molecule has 0 aromatic heterocycles. The van der Waals surface area contributed by atoms with Crippen LogP contribution in [0.1, 0.15) is 64.7 Å². The van der Waals surface area contributed by atoms with Gasteiger partial charge in [-0.2, -0.15) is 0 Å². The molecule has 0 bridgehead atoms. The number of nitrogens with zero attached hydrogens (tertiary/aromatic N) is 1. The Kier molecular flexibility index (Phi) is 4.87. The molecule has 100 valence electrons. The van der Waals surface area contributed by atoms with Crippen LogP contribution >= 0.6 is 0 Å². The monoisotopic (exact) mass is 239 g/mol. The first-order valence-electron chi connectivity index (χ1n) is 7.58. The van der Waals surface area contributed by atoms with Gasteiger partial charge in [-0.1, -0.05) is 26.2 Å². The van der Waals surface area contributed by atoms with Crippen LogP contribution in [0.3, 0.4) is 0 Å². The summed E-state index contributed by atoms with van der Waals surface area (Å²) in [6.45, 7) is 2.37. The maximum atomic E-state index is 10.3. The smallest absolute Gasteiger partial charge is 0.0695 e. The van der Waals surface area contributed by atoms with E-state index in [9.17, 15) is 5.11 Å². The molecule has 2 aliphatic carbocycles. The summed E-state index contributed by atoms with van der Waals surface area (Å²) in [4.78, 5) is 2.52. The van der Waals surface area contributed by atoms with Crippen molar-refractivity contribution >= 4 is 0 Å². The summed E-state index contributed by atoms with van der Waals surface area (Å²) >= 11 is 0. The summed E-state index contributed by atoms with van der Waals surface area (Å²) in [6, 6.07) is 1.15. The van der Waals surface area contributed by atoms with Gasteiger partial charge >= 0.3 is 0 Å². The summed E-state index contributed by atoms with van der Waals surface area (Å²) in [5.74, 6) is 0.915. The zero-order valence-corrected chi connectivity index (χ0v) is 11.6. The summed E-state index contributed by atoms with van der Waals surface area (Å²) < 4.78 is 0. The van der Waals surface area contributed by atoms with E-state index in [0.29, 0.717) is 6.04 Å². The van der Waals surface area contributed by atoms with Gasteiger partial charge in [0.1, 0.15) is 0 Å². The second kappa shape index (κ2) is 6.19. The summed E-state index contributed by atoms with van der Waals surface area (Å²) in [5.41, 5.74) is 0. The van der Waals surface area contributed by atoms with Crippen molar-refractivity contribution in [2.45, 2.75) is 82.9 Å². The van der Waals surface area contributed by atoms with E-state index < -0.39 is 0 Å². The van der Waals surface area contributed by atoms with Crippen LogP contribution in [0.5, 0.6) is 0 Å². The Morgan fingerprint density at radius 3 is 2.24 bits per heavy atom. The van der Waals surface area contributed by atoms with E-state index >= 15 is 0 Å². The Morgan fingerprint density at radius 2 is 1.53 bits per heavy atom. The minimum atomic E-state index is -0.0816. The van der Waals surface area contributed by atoms with Crippen molar-refractivity contribution in [3.05, 3.63) is 0 Å². The largest absolute Gasteiger partial charge is 0.391 e. The van der Waals surface area contributed by atoms with Crippen LogP contribution in [0.2, 0.25) is 0 Å². The lowest BCUT2D eigenvalue weighted by atomic mass is 9.85. The van der Waals surface area contributed by atoms with Crippen molar-refractivity contribution in [1.29, 1.82) is 0 Å². The predicted molar refractivity (Wildman–Crippen MR) is 72.1 cm³/mol. The molecule has 17 heavy (non-hydrogen) atoms. The molecule has 0 aliphatic heterocycles. The molecule has 0 radical (unpaired) electrons. The first-order valence-corrected chi connectivity index (χ1v) is 7.58. The molecular formula is C15H29NO. The van der Waals surface area contributed by atoms with Crippen LogP contribution in [0, 0.1) is 5.92 Å². The topological polar surface area (TPSA) is 23.5 Å². The molecule has 2 saturated carbocycles. The Balaban J connectivity index is 1.90. The Labute approximate surface area is 106 Å². The third-order valence-electron chi connectivity index (χ3n) is 5.03. The molecule has 0 amide bonds. The zero-order valence-electron chi connectivity index (χ0n) is 11.6. The lowest BCUT2D eigenvalue weighted by Crippen LogP contribution is -2.47. The fourth-order valence-corrected chi connectivity index (χ4v) is 3.66. The number of rotatable bonds is 2. The quantitative estimate of drug-likeness (QED) is 0.748. The summed E-state index contributed by atoms with van der Waals surface area (Å²) in [6.07, 6.45) is 11.4. The summed E-state index contributed by atoms with van der Waals surface area (Å²) in [7, 11) is 2.25. The van der Waals surface area contributed by atoms with Crippen LogP contribution in [-0.4, -0.2) is 35.2 Å². The maximum Gasteiger partial charge on any atom is 0.0695 e. The van der Waals surface area contributed by atoms with Gasteiger partial charge in [0, 0.05) is 12.1 Å². The third kappa shape index (κ3) is 3.45. The molecule has 0 heterocycles. The van der Waals surface area contributed by atoms with Gasteiger partial charge in [0.2, 0.25) is 0 Å². The van der Waals surface area contributed by atoms with Crippen LogP contribution in [0.4, 0.5) is 0 Å². The Hall–Kier alpha value is -0.0800. The molecule has 1 N–H and O–H groups in total. The van der Waals surface area contributed by atoms with Gasteiger partial charge in [0.15, 0.2) is 0 Å². The van der Waals surface area contributed by atoms with Gasteiger partial charge in [-0.05, 0) is 51.5 Å². The third-order valence-corrected chi connectivity index (χ3v) is 5.03. The van der Waals surface area contributed by atoms with E-state index in [1.807, 2.05) is 0 Å². The van der Waals surface area contributed by atoms with Crippen molar-refractivity contribution < 1.29 is 5.11 Å². The summed E-state index contributed by atoms with van der Waals surface area (Å²) in [5, 5.41) is 10.3. The second-order valence-electron chi connectivity index (χ2n) is 6.35. The van der Waals surface area contributed by atoms with Crippen LogP contribution < -0.4 is 0 Å². The lowest BCUT2D eigenvalue weighted by Gasteiger charge is -2.40. The number of aliphatic hydroxyl groups excluding tert-OH is 1. The molecule has 2 heteroatoms. The molecule has 0 saturated heterocycles. The molecule has 2 atom stereocenters.